The van der Waals surface area contributed by atoms with Crippen molar-refractivity contribution in [3.05, 3.63) is 0 Å². The topological polar surface area (TPSA) is 58.2 Å². The molecule has 0 aromatic rings. The van der Waals surface area contributed by atoms with Crippen molar-refractivity contribution in [3.8, 4) is 0 Å². The van der Waals surface area contributed by atoms with Crippen LogP contribution in [0.4, 0.5) is 18.0 Å². The Labute approximate surface area is 95.5 Å². The number of alkyl halides is 4. The number of hydrogen-bond acceptors (Lipinski definition) is 2. The lowest BCUT2D eigenvalue weighted by atomic mass is 10.2. The number of nitrogens with one attached hydrogen (secondary N) is 2. The van der Waals surface area contributed by atoms with Gasteiger partial charge in [-0.15, -0.1) is 11.6 Å². The van der Waals surface area contributed by atoms with E-state index in [1.807, 2.05) is 10.6 Å². The molecule has 16 heavy (non-hydrogen) atoms. The van der Waals surface area contributed by atoms with Gasteiger partial charge in [-0.05, 0) is 13.8 Å². The van der Waals surface area contributed by atoms with Gasteiger partial charge in [0.1, 0.15) is 5.38 Å². The summed E-state index contributed by atoms with van der Waals surface area (Å²) in [6.07, 6.45) is -5.53. The molecule has 0 aliphatic rings. The lowest BCUT2D eigenvalue weighted by Crippen LogP contribution is -2.46. The zero-order chi connectivity index (χ0) is 12.9. The number of urea groups is 1. The molecule has 0 radical (unpaired) electrons. The highest BCUT2D eigenvalue weighted by Gasteiger charge is 2.30. The van der Waals surface area contributed by atoms with Crippen LogP contribution in [0.2, 0.25) is 0 Å². The number of hydrogen-bond donors (Lipinski definition) is 2. The van der Waals surface area contributed by atoms with Gasteiger partial charge in [-0.2, -0.15) is 13.2 Å². The summed E-state index contributed by atoms with van der Waals surface area (Å²) < 4.78 is 35.7. The third-order valence-electron chi connectivity index (χ3n) is 1.51. The van der Waals surface area contributed by atoms with Gasteiger partial charge in [-0.3, -0.25) is 10.1 Å². The Morgan fingerprint density at radius 3 is 2.19 bits per heavy atom. The van der Waals surface area contributed by atoms with Crippen LogP contribution in [-0.4, -0.2) is 29.5 Å². The molecule has 2 atom stereocenters. The van der Waals surface area contributed by atoms with E-state index in [4.69, 9.17) is 11.6 Å². The van der Waals surface area contributed by atoms with Gasteiger partial charge in [0, 0.05) is 6.04 Å². The number of halogens is 4. The number of imide groups is 1. The van der Waals surface area contributed by atoms with Crippen LogP contribution in [0.25, 0.3) is 0 Å². The summed E-state index contributed by atoms with van der Waals surface area (Å²) in [6.45, 7) is 2.52. The Kier molecular flexibility index (Phi) is 5.57. The maximum atomic E-state index is 11.9. The van der Waals surface area contributed by atoms with Gasteiger partial charge in [0.15, 0.2) is 0 Å². The zero-order valence-electron chi connectivity index (χ0n) is 8.69. The Morgan fingerprint density at radius 2 is 1.81 bits per heavy atom. The molecule has 0 saturated heterocycles. The summed E-state index contributed by atoms with van der Waals surface area (Å²) in [4.78, 5) is 21.9. The summed E-state index contributed by atoms with van der Waals surface area (Å²) in [5, 5.41) is 2.85. The molecule has 0 aromatic heterocycles. The molecule has 3 amide bonds. The minimum atomic E-state index is -4.36. The second-order valence-electron chi connectivity index (χ2n) is 3.30. The van der Waals surface area contributed by atoms with E-state index in [9.17, 15) is 22.8 Å². The summed E-state index contributed by atoms with van der Waals surface area (Å²) in [7, 11) is 0. The monoisotopic (exact) mass is 260 g/mol. The molecule has 0 fully saturated rings. The standard InChI is InChI=1S/C8H12ClF3N2O2/c1-4(3-8(10,11)12)13-7(16)14-6(15)5(2)9/h4-5H,3H2,1-2H3,(H2,13,14,15,16). The number of rotatable bonds is 3. The molecule has 94 valence electrons. The average molecular weight is 261 g/mol. The molecule has 0 aliphatic heterocycles. The fourth-order valence-electron chi connectivity index (χ4n) is 0.869. The summed E-state index contributed by atoms with van der Waals surface area (Å²) in [5.74, 6) is -0.765. The fraction of sp³-hybridized carbons (Fsp3) is 0.750. The van der Waals surface area contributed by atoms with Crippen LogP contribution in [-0.2, 0) is 4.79 Å². The highest BCUT2D eigenvalue weighted by atomic mass is 35.5. The van der Waals surface area contributed by atoms with Crippen LogP contribution in [0.5, 0.6) is 0 Å². The van der Waals surface area contributed by atoms with Gasteiger partial charge in [0.05, 0.1) is 6.42 Å². The maximum absolute atomic E-state index is 11.9. The molecule has 0 aliphatic carbocycles. The van der Waals surface area contributed by atoms with Gasteiger partial charge in [-0.1, -0.05) is 0 Å². The van der Waals surface area contributed by atoms with Crippen LogP contribution in [0.15, 0.2) is 0 Å². The molecule has 0 rings (SSSR count). The zero-order valence-corrected chi connectivity index (χ0v) is 9.45. The van der Waals surface area contributed by atoms with Gasteiger partial charge in [-0.25, -0.2) is 4.79 Å². The van der Waals surface area contributed by atoms with Crippen molar-refractivity contribution < 1.29 is 22.8 Å². The molecule has 0 heterocycles. The first-order valence-corrected chi connectivity index (χ1v) is 4.87. The minimum absolute atomic E-state index is 0.765. The van der Waals surface area contributed by atoms with E-state index in [-0.39, 0.29) is 0 Å². The molecule has 0 bridgehead atoms. The smallest absolute Gasteiger partial charge is 0.335 e. The molecule has 4 nitrogen and oxygen atoms in total. The van der Waals surface area contributed by atoms with Crippen LogP contribution < -0.4 is 10.6 Å². The predicted molar refractivity (Wildman–Crippen MR) is 52.1 cm³/mol. The lowest BCUT2D eigenvalue weighted by molar-refractivity contribution is -0.138. The molecule has 0 spiro atoms. The molecule has 8 heteroatoms. The largest absolute Gasteiger partial charge is 0.391 e. The fourth-order valence-corrected chi connectivity index (χ4v) is 0.924. The van der Waals surface area contributed by atoms with E-state index in [1.54, 1.807) is 0 Å². The third-order valence-corrected chi connectivity index (χ3v) is 1.71. The SMILES string of the molecule is CC(CC(F)(F)F)NC(=O)NC(=O)C(C)Cl. The van der Waals surface area contributed by atoms with Gasteiger partial charge >= 0.3 is 12.2 Å². The highest BCUT2D eigenvalue weighted by Crippen LogP contribution is 2.21. The number of amides is 3. The van der Waals surface area contributed by atoms with E-state index in [0.717, 1.165) is 0 Å². The highest BCUT2D eigenvalue weighted by molar-refractivity contribution is 6.31. The third kappa shape index (κ3) is 7.33. The number of carbonyl (C=O) groups excluding carboxylic acids is 2. The number of carbonyl (C=O) groups is 2. The van der Waals surface area contributed by atoms with Crippen molar-refractivity contribution in [2.75, 3.05) is 0 Å². The second kappa shape index (κ2) is 5.93. The van der Waals surface area contributed by atoms with Crippen molar-refractivity contribution in [3.63, 3.8) is 0 Å². The molecule has 2 N–H and O–H groups in total. The second-order valence-corrected chi connectivity index (χ2v) is 3.95. The first-order valence-electron chi connectivity index (χ1n) is 4.44. The molecular formula is C8H12ClF3N2O2. The first kappa shape index (κ1) is 15.0. The average Bonchev–Trinajstić information content (AvgIpc) is 1.98. The van der Waals surface area contributed by atoms with Gasteiger partial charge < -0.3 is 5.32 Å². The van der Waals surface area contributed by atoms with Crippen molar-refractivity contribution >= 4 is 23.5 Å². The Balaban J connectivity index is 4.01. The maximum Gasteiger partial charge on any atom is 0.391 e. The molecule has 0 saturated carbocycles. The minimum Gasteiger partial charge on any atom is -0.335 e. The van der Waals surface area contributed by atoms with Crippen molar-refractivity contribution in [2.24, 2.45) is 0 Å². The Hall–Kier alpha value is -0.980. The van der Waals surface area contributed by atoms with Crippen LogP contribution >= 0.6 is 11.6 Å². The van der Waals surface area contributed by atoms with E-state index in [2.05, 4.69) is 0 Å². The van der Waals surface area contributed by atoms with Gasteiger partial charge in [0.2, 0.25) is 5.91 Å². The summed E-state index contributed by atoms with van der Waals surface area (Å²) in [6, 6.07) is -2.10. The van der Waals surface area contributed by atoms with Crippen molar-refractivity contribution in [1.82, 2.24) is 10.6 Å². The Morgan fingerprint density at radius 1 is 1.31 bits per heavy atom. The summed E-state index contributed by atoms with van der Waals surface area (Å²) >= 11 is 5.34. The van der Waals surface area contributed by atoms with Gasteiger partial charge in [0.25, 0.3) is 0 Å². The molecule has 2 unspecified atom stereocenters. The summed E-state index contributed by atoms with van der Waals surface area (Å²) in [5.41, 5.74) is 0. The van der Waals surface area contributed by atoms with Crippen molar-refractivity contribution in [1.29, 1.82) is 0 Å². The van der Waals surface area contributed by atoms with E-state index in [0.29, 0.717) is 0 Å². The van der Waals surface area contributed by atoms with E-state index in [1.165, 1.54) is 13.8 Å². The van der Waals surface area contributed by atoms with Crippen LogP contribution in [0, 0.1) is 0 Å². The molecule has 0 aromatic carbocycles. The lowest BCUT2D eigenvalue weighted by Gasteiger charge is -2.16. The van der Waals surface area contributed by atoms with Crippen LogP contribution in [0.1, 0.15) is 20.3 Å². The quantitative estimate of drug-likeness (QED) is 0.760. The van der Waals surface area contributed by atoms with Crippen molar-refractivity contribution in [2.45, 2.75) is 37.9 Å². The Bertz CT molecular complexity index is 268. The van der Waals surface area contributed by atoms with E-state index >= 15 is 0 Å². The van der Waals surface area contributed by atoms with Crippen LogP contribution in [0.3, 0.4) is 0 Å². The van der Waals surface area contributed by atoms with E-state index < -0.39 is 36.0 Å². The predicted octanol–water partition coefficient (Wildman–Crippen LogP) is 1.78. The molecular weight excluding hydrogens is 249 g/mol. The normalized spacial score (nSPS) is 15.1. The first-order chi connectivity index (χ1) is 7.11.